The van der Waals surface area contributed by atoms with Crippen LogP contribution in [0.1, 0.15) is 77.7 Å². The molecule has 2 saturated heterocycles. The lowest BCUT2D eigenvalue weighted by atomic mass is 9.93. The van der Waals surface area contributed by atoms with Gasteiger partial charge in [-0.2, -0.15) is 0 Å². The van der Waals surface area contributed by atoms with Gasteiger partial charge in [-0.25, -0.2) is 4.79 Å². The van der Waals surface area contributed by atoms with E-state index in [1.54, 1.807) is 0 Å². The van der Waals surface area contributed by atoms with E-state index in [0.29, 0.717) is 6.10 Å². The summed E-state index contributed by atoms with van der Waals surface area (Å²) in [7, 11) is 4.21. The zero-order chi connectivity index (χ0) is 24.3. The first-order valence-corrected chi connectivity index (χ1v) is 13.2. The van der Waals surface area contributed by atoms with E-state index in [1.807, 2.05) is 25.7 Å². The Hall–Kier alpha value is -1.79. The fraction of sp³-hybridized carbons (Fsp3) is 0.750. The summed E-state index contributed by atoms with van der Waals surface area (Å²) in [5, 5.41) is 0. The van der Waals surface area contributed by atoms with Gasteiger partial charge in [-0.3, -0.25) is 0 Å². The van der Waals surface area contributed by atoms with Crippen molar-refractivity contribution < 1.29 is 19.0 Å². The van der Waals surface area contributed by atoms with Gasteiger partial charge in [-0.1, -0.05) is 12.1 Å². The predicted molar refractivity (Wildman–Crippen MR) is 134 cm³/mol. The van der Waals surface area contributed by atoms with Gasteiger partial charge in [0.15, 0.2) is 0 Å². The molecular weight excluding hydrogens is 428 g/mol. The normalized spacial score (nSPS) is 29.4. The lowest BCUT2D eigenvalue weighted by Gasteiger charge is -2.41. The third-order valence-electron chi connectivity index (χ3n) is 7.37. The highest BCUT2D eigenvalue weighted by atomic mass is 16.6. The molecule has 1 aromatic rings. The van der Waals surface area contributed by atoms with Gasteiger partial charge in [0.25, 0.3) is 0 Å². The number of carbonyl (C=O) groups excluding carboxylic acids is 1. The Kier molecular flexibility index (Phi) is 8.08. The monoisotopic (exact) mass is 472 g/mol. The molecule has 0 aromatic heterocycles. The molecule has 4 rings (SSSR count). The molecule has 0 radical (unpaired) electrons. The average Bonchev–Trinajstić information content (AvgIpc) is 3.04. The molecule has 1 unspecified atom stereocenters. The molecule has 0 spiro atoms. The van der Waals surface area contributed by atoms with Gasteiger partial charge in [-0.15, -0.1) is 0 Å². The number of piperidine rings is 1. The Labute approximate surface area is 205 Å². The van der Waals surface area contributed by atoms with Crippen LogP contribution in [0.15, 0.2) is 24.3 Å². The molecule has 190 valence electrons. The second-order valence-electron chi connectivity index (χ2n) is 11.7. The topological polar surface area (TPSA) is 51.2 Å². The van der Waals surface area contributed by atoms with E-state index in [0.717, 1.165) is 70.1 Å². The number of ether oxygens (including phenoxy) is 3. The highest BCUT2D eigenvalue weighted by Crippen LogP contribution is 2.39. The Morgan fingerprint density at radius 2 is 1.50 bits per heavy atom. The van der Waals surface area contributed by atoms with E-state index in [1.165, 1.54) is 5.56 Å². The van der Waals surface area contributed by atoms with Crippen LogP contribution in [0.25, 0.3) is 0 Å². The summed E-state index contributed by atoms with van der Waals surface area (Å²) in [6.45, 7) is 6.87. The summed E-state index contributed by atoms with van der Waals surface area (Å²) < 4.78 is 18.5. The highest BCUT2D eigenvalue weighted by Gasteiger charge is 2.45. The molecule has 1 saturated carbocycles. The van der Waals surface area contributed by atoms with Crippen molar-refractivity contribution in [2.45, 2.75) is 115 Å². The maximum Gasteiger partial charge on any atom is 0.410 e. The SMILES string of the molecule is CN(C)CCc1ccc(OC2CCC(OC3C[C@H]4CC[C@@H](C3)N4C(=O)OC(C)(C)C)CC2)cc1. The third-order valence-corrected chi connectivity index (χ3v) is 7.37. The molecule has 1 aromatic carbocycles. The minimum absolute atomic E-state index is 0.151. The van der Waals surface area contributed by atoms with E-state index in [4.69, 9.17) is 14.2 Å². The van der Waals surface area contributed by atoms with Crippen LogP contribution in [-0.2, 0) is 15.9 Å². The maximum atomic E-state index is 12.7. The van der Waals surface area contributed by atoms with Crippen LogP contribution in [0, 0.1) is 0 Å². The number of benzene rings is 1. The Balaban J connectivity index is 1.19. The smallest absolute Gasteiger partial charge is 0.410 e. The summed E-state index contributed by atoms with van der Waals surface area (Å²) in [6, 6.07) is 9.12. The number of hydrogen-bond acceptors (Lipinski definition) is 5. The first kappa shape index (κ1) is 25.3. The Bertz CT molecular complexity index is 782. The van der Waals surface area contributed by atoms with Crippen molar-refractivity contribution in [3.8, 4) is 5.75 Å². The average molecular weight is 473 g/mol. The molecule has 3 fully saturated rings. The molecule has 34 heavy (non-hydrogen) atoms. The van der Waals surface area contributed by atoms with E-state index in [-0.39, 0.29) is 30.4 Å². The van der Waals surface area contributed by atoms with E-state index in [2.05, 4.69) is 43.3 Å². The first-order chi connectivity index (χ1) is 16.2. The van der Waals surface area contributed by atoms with Crippen molar-refractivity contribution in [2.24, 2.45) is 0 Å². The zero-order valence-corrected chi connectivity index (χ0v) is 21.8. The highest BCUT2D eigenvalue weighted by molar-refractivity contribution is 5.69. The van der Waals surface area contributed by atoms with Crippen LogP contribution >= 0.6 is 0 Å². The number of hydrogen-bond donors (Lipinski definition) is 0. The Morgan fingerprint density at radius 1 is 0.912 bits per heavy atom. The Morgan fingerprint density at radius 3 is 2.06 bits per heavy atom. The third kappa shape index (κ3) is 6.88. The molecule has 3 atom stereocenters. The van der Waals surface area contributed by atoms with E-state index < -0.39 is 5.60 Å². The van der Waals surface area contributed by atoms with E-state index in [9.17, 15) is 4.79 Å². The van der Waals surface area contributed by atoms with Crippen LogP contribution in [0.5, 0.6) is 5.75 Å². The standard InChI is InChI=1S/C28H44N2O4/c1-28(2,3)34-27(31)30-21-8-9-22(30)19-26(18-21)33-25-14-12-24(13-15-25)32-23-10-6-20(7-11-23)16-17-29(4)5/h6-7,10-11,21-22,24-26H,8-9,12-19H2,1-5H3/t21-,22+,24?,25?,26?. The van der Waals surface area contributed by atoms with Crippen LogP contribution in [0.3, 0.4) is 0 Å². The van der Waals surface area contributed by atoms with Crippen molar-refractivity contribution in [1.82, 2.24) is 9.80 Å². The van der Waals surface area contributed by atoms with Gasteiger partial charge in [0.05, 0.1) is 18.3 Å². The van der Waals surface area contributed by atoms with Crippen LogP contribution in [0.2, 0.25) is 0 Å². The number of carbonyl (C=O) groups is 1. The van der Waals surface area contributed by atoms with Crippen molar-refractivity contribution >= 4 is 6.09 Å². The predicted octanol–water partition coefficient (Wildman–Crippen LogP) is 5.43. The van der Waals surface area contributed by atoms with Crippen molar-refractivity contribution in [3.05, 3.63) is 29.8 Å². The zero-order valence-electron chi connectivity index (χ0n) is 21.8. The van der Waals surface area contributed by atoms with Gasteiger partial charge in [0, 0.05) is 18.6 Å². The van der Waals surface area contributed by atoms with Crippen molar-refractivity contribution in [1.29, 1.82) is 0 Å². The molecule has 6 heteroatoms. The number of rotatable bonds is 7. The summed E-state index contributed by atoms with van der Waals surface area (Å²) in [6.07, 6.45) is 9.94. The van der Waals surface area contributed by atoms with Gasteiger partial charge in [0.2, 0.25) is 0 Å². The summed E-state index contributed by atoms with van der Waals surface area (Å²) in [5.41, 5.74) is 0.906. The molecule has 6 nitrogen and oxygen atoms in total. The fourth-order valence-corrected chi connectivity index (χ4v) is 5.69. The minimum atomic E-state index is -0.446. The molecule has 2 bridgehead atoms. The van der Waals surface area contributed by atoms with Gasteiger partial charge >= 0.3 is 6.09 Å². The molecule has 3 aliphatic rings. The summed E-state index contributed by atoms with van der Waals surface area (Å²) in [4.78, 5) is 16.9. The summed E-state index contributed by atoms with van der Waals surface area (Å²) in [5.74, 6) is 0.976. The fourth-order valence-electron chi connectivity index (χ4n) is 5.69. The first-order valence-electron chi connectivity index (χ1n) is 13.2. The number of likely N-dealkylation sites (N-methyl/N-ethyl adjacent to an activating group) is 1. The second-order valence-corrected chi connectivity index (χ2v) is 11.7. The number of fused-ring (bicyclic) bond motifs is 2. The molecule has 2 heterocycles. The largest absolute Gasteiger partial charge is 0.490 e. The van der Waals surface area contributed by atoms with Gasteiger partial charge in [-0.05, 0) is 110 Å². The van der Waals surface area contributed by atoms with Gasteiger partial charge in [0.1, 0.15) is 11.4 Å². The second kappa shape index (κ2) is 10.9. The van der Waals surface area contributed by atoms with E-state index >= 15 is 0 Å². The molecule has 1 aliphatic carbocycles. The number of amides is 1. The maximum absolute atomic E-state index is 12.7. The van der Waals surface area contributed by atoms with Crippen molar-refractivity contribution in [3.63, 3.8) is 0 Å². The lowest BCUT2D eigenvalue weighted by molar-refractivity contribution is -0.0812. The summed E-state index contributed by atoms with van der Waals surface area (Å²) >= 11 is 0. The molecule has 1 amide bonds. The number of nitrogens with zero attached hydrogens (tertiary/aromatic N) is 2. The van der Waals surface area contributed by atoms with Gasteiger partial charge < -0.3 is 24.0 Å². The van der Waals surface area contributed by atoms with Crippen LogP contribution < -0.4 is 4.74 Å². The lowest BCUT2D eigenvalue weighted by Crippen LogP contribution is -2.50. The molecule has 0 N–H and O–H groups in total. The molecule has 2 aliphatic heterocycles. The molecular formula is C28H44N2O4. The van der Waals surface area contributed by atoms with Crippen LogP contribution in [-0.4, -0.2) is 72.5 Å². The van der Waals surface area contributed by atoms with Crippen LogP contribution in [0.4, 0.5) is 4.79 Å². The minimum Gasteiger partial charge on any atom is -0.490 e. The quantitative estimate of drug-likeness (QED) is 0.530. The van der Waals surface area contributed by atoms with Crippen molar-refractivity contribution in [2.75, 3.05) is 20.6 Å².